The second kappa shape index (κ2) is 12.2. The Kier molecular flexibility index (Phi) is 9.37. The van der Waals surface area contributed by atoms with Gasteiger partial charge in [0.2, 0.25) is 15.9 Å². The van der Waals surface area contributed by atoms with Gasteiger partial charge in [0.05, 0.1) is 0 Å². The summed E-state index contributed by atoms with van der Waals surface area (Å²) in [5, 5.41) is 2.85. The fraction of sp³-hybridized carbons (Fsp3) is 0.458. The van der Waals surface area contributed by atoms with Crippen LogP contribution in [0.4, 0.5) is 4.39 Å². The average Bonchev–Trinajstić information content (AvgIpc) is 2.80. The van der Waals surface area contributed by atoms with E-state index in [2.05, 4.69) is 26.9 Å². The molecule has 1 aliphatic heterocycles. The van der Waals surface area contributed by atoms with Crippen molar-refractivity contribution in [2.75, 3.05) is 46.3 Å². The lowest BCUT2D eigenvalue weighted by molar-refractivity contribution is -0.122. The first-order chi connectivity index (χ1) is 15.8. The SMILES string of the molecule is CN1CCN(CCCCNC(=O)C(Cc2ccccc2)NS(=O)(=O)c2ccccc2F)CC1. The highest BCUT2D eigenvalue weighted by Gasteiger charge is 2.27. The molecule has 1 atom stereocenters. The zero-order valence-corrected chi connectivity index (χ0v) is 19.9. The number of carbonyl (C=O) groups is 1. The lowest BCUT2D eigenvalue weighted by Gasteiger charge is -2.32. The van der Waals surface area contributed by atoms with E-state index in [1.54, 1.807) is 0 Å². The summed E-state index contributed by atoms with van der Waals surface area (Å²) in [6, 6.07) is 13.3. The Morgan fingerprint density at radius 1 is 1.00 bits per heavy atom. The Bertz CT molecular complexity index is 996. The molecule has 1 fully saturated rings. The van der Waals surface area contributed by atoms with Crippen LogP contribution in [0.2, 0.25) is 0 Å². The van der Waals surface area contributed by atoms with Crippen LogP contribution in [0, 0.1) is 5.82 Å². The van der Waals surface area contributed by atoms with Crippen LogP contribution in [0.5, 0.6) is 0 Å². The van der Waals surface area contributed by atoms with Crippen LogP contribution in [-0.4, -0.2) is 76.5 Å². The zero-order valence-electron chi connectivity index (χ0n) is 19.0. The molecule has 180 valence electrons. The molecule has 1 heterocycles. The number of sulfonamides is 1. The minimum Gasteiger partial charge on any atom is -0.355 e. The molecule has 2 aromatic rings. The molecule has 0 aromatic heterocycles. The van der Waals surface area contributed by atoms with Crippen LogP contribution in [0.15, 0.2) is 59.5 Å². The van der Waals surface area contributed by atoms with Crippen molar-refractivity contribution in [3.63, 3.8) is 0 Å². The summed E-state index contributed by atoms with van der Waals surface area (Å²) >= 11 is 0. The van der Waals surface area contributed by atoms with Gasteiger partial charge in [0.1, 0.15) is 16.8 Å². The predicted octanol–water partition coefficient (Wildman–Crippen LogP) is 1.86. The van der Waals surface area contributed by atoms with Gasteiger partial charge in [-0.25, -0.2) is 12.8 Å². The van der Waals surface area contributed by atoms with E-state index in [1.807, 2.05) is 30.3 Å². The summed E-state index contributed by atoms with van der Waals surface area (Å²) in [7, 11) is -2.08. The van der Waals surface area contributed by atoms with Gasteiger partial charge in [0.15, 0.2) is 0 Å². The van der Waals surface area contributed by atoms with Crippen LogP contribution >= 0.6 is 0 Å². The van der Waals surface area contributed by atoms with E-state index in [1.165, 1.54) is 18.2 Å². The van der Waals surface area contributed by atoms with E-state index in [9.17, 15) is 17.6 Å². The minimum absolute atomic E-state index is 0.168. The number of nitrogens with zero attached hydrogens (tertiary/aromatic N) is 2. The standard InChI is InChI=1S/C24H33FN4O3S/c1-28-15-17-29(18-16-28)14-8-7-13-26-24(30)22(19-20-9-3-2-4-10-20)27-33(31,32)23-12-6-5-11-21(23)25/h2-6,9-12,22,27H,7-8,13-19H2,1H3,(H,26,30). The van der Waals surface area contributed by atoms with Crippen molar-refractivity contribution in [1.82, 2.24) is 19.8 Å². The number of nitrogens with one attached hydrogen (secondary N) is 2. The lowest BCUT2D eigenvalue weighted by atomic mass is 10.1. The van der Waals surface area contributed by atoms with Crippen molar-refractivity contribution in [2.45, 2.75) is 30.2 Å². The second-order valence-corrected chi connectivity index (χ2v) is 10.1. The topological polar surface area (TPSA) is 81.8 Å². The molecule has 1 saturated heterocycles. The monoisotopic (exact) mass is 476 g/mol. The molecule has 0 aliphatic carbocycles. The molecule has 0 spiro atoms. The van der Waals surface area contributed by atoms with Crippen molar-refractivity contribution in [3.05, 3.63) is 66.0 Å². The van der Waals surface area contributed by atoms with Gasteiger partial charge in [-0.2, -0.15) is 4.72 Å². The van der Waals surface area contributed by atoms with Gasteiger partial charge >= 0.3 is 0 Å². The molecule has 1 unspecified atom stereocenters. The second-order valence-electron chi connectivity index (χ2n) is 8.44. The van der Waals surface area contributed by atoms with Crippen LogP contribution in [0.1, 0.15) is 18.4 Å². The summed E-state index contributed by atoms with van der Waals surface area (Å²) in [4.78, 5) is 17.2. The maximum Gasteiger partial charge on any atom is 0.244 e. The third kappa shape index (κ3) is 7.89. The van der Waals surface area contributed by atoms with Crippen molar-refractivity contribution in [1.29, 1.82) is 0 Å². The highest BCUT2D eigenvalue weighted by molar-refractivity contribution is 7.89. The molecule has 2 N–H and O–H groups in total. The third-order valence-electron chi connectivity index (χ3n) is 5.82. The van der Waals surface area contributed by atoms with Gasteiger partial charge < -0.3 is 15.1 Å². The first kappa shape index (κ1) is 25.3. The highest BCUT2D eigenvalue weighted by Crippen LogP contribution is 2.15. The largest absolute Gasteiger partial charge is 0.355 e. The fourth-order valence-electron chi connectivity index (χ4n) is 3.82. The Labute approximate surface area is 196 Å². The molecule has 9 heteroatoms. The Balaban J connectivity index is 1.57. The molecule has 0 bridgehead atoms. The summed E-state index contributed by atoms with van der Waals surface area (Å²) < 4.78 is 42.1. The van der Waals surface area contributed by atoms with Gasteiger partial charge in [-0.05, 0) is 50.6 Å². The van der Waals surface area contributed by atoms with Gasteiger partial charge in [-0.15, -0.1) is 0 Å². The highest BCUT2D eigenvalue weighted by atomic mass is 32.2. The van der Waals surface area contributed by atoms with E-state index >= 15 is 0 Å². The molecule has 2 aromatic carbocycles. The molecular weight excluding hydrogens is 443 g/mol. The summed E-state index contributed by atoms with van der Waals surface area (Å²) in [5.74, 6) is -1.27. The van der Waals surface area contributed by atoms with E-state index in [-0.39, 0.29) is 6.42 Å². The number of likely N-dealkylation sites (N-methyl/N-ethyl adjacent to an activating group) is 1. The van der Waals surface area contributed by atoms with Gasteiger partial charge in [0, 0.05) is 32.7 Å². The van der Waals surface area contributed by atoms with Crippen molar-refractivity contribution >= 4 is 15.9 Å². The van der Waals surface area contributed by atoms with Crippen LogP contribution < -0.4 is 10.0 Å². The summed E-state index contributed by atoms with van der Waals surface area (Å²) in [5.41, 5.74) is 0.809. The lowest BCUT2D eigenvalue weighted by Crippen LogP contribution is -2.48. The minimum atomic E-state index is -4.21. The van der Waals surface area contributed by atoms with Crippen molar-refractivity contribution < 1.29 is 17.6 Å². The number of carbonyl (C=O) groups excluding carboxylic acids is 1. The molecule has 0 radical (unpaired) electrons. The van der Waals surface area contributed by atoms with Crippen LogP contribution in [0.3, 0.4) is 0 Å². The smallest absolute Gasteiger partial charge is 0.244 e. The summed E-state index contributed by atoms with van der Waals surface area (Å²) in [6.45, 7) is 5.69. The number of unbranched alkanes of at least 4 members (excludes halogenated alkanes) is 1. The number of hydrogen-bond acceptors (Lipinski definition) is 5. The maximum atomic E-state index is 14.1. The third-order valence-corrected chi connectivity index (χ3v) is 7.32. The van der Waals surface area contributed by atoms with Crippen LogP contribution in [0.25, 0.3) is 0 Å². The molecule has 33 heavy (non-hydrogen) atoms. The fourth-order valence-corrected chi connectivity index (χ4v) is 5.09. The molecule has 7 nitrogen and oxygen atoms in total. The summed E-state index contributed by atoms with van der Waals surface area (Å²) in [6.07, 6.45) is 1.92. The van der Waals surface area contributed by atoms with Crippen LogP contribution in [-0.2, 0) is 21.2 Å². The quantitative estimate of drug-likeness (QED) is 0.484. The van der Waals surface area contributed by atoms with E-state index < -0.39 is 32.7 Å². The molecule has 0 saturated carbocycles. The Morgan fingerprint density at radius 3 is 2.36 bits per heavy atom. The number of amides is 1. The molecule has 3 rings (SSSR count). The first-order valence-electron chi connectivity index (χ1n) is 11.3. The Hall–Kier alpha value is -2.33. The zero-order chi connectivity index (χ0) is 23.7. The van der Waals surface area contributed by atoms with Gasteiger partial charge in [-0.3, -0.25) is 4.79 Å². The number of rotatable bonds is 11. The molecule has 1 amide bonds. The number of benzene rings is 2. The Morgan fingerprint density at radius 2 is 1.67 bits per heavy atom. The number of hydrogen-bond donors (Lipinski definition) is 2. The molecule has 1 aliphatic rings. The normalized spacial score (nSPS) is 16.4. The van der Waals surface area contributed by atoms with Gasteiger partial charge in [0.25, 0.3) is 0 Å². The maximum absolute atomic E-state index is 14.1. The molecular formula is C24H33FN4O3S. The van der Waals surface area contributed by atoms with Crippen molar-refractivity contribution in [2.24, 2.45) is 0 Å². The van der Waals surface area contributed by atoms with Crippen molar-refractivity contribution in [3.8, 4) is 0 Å². The van der Waals surface area contributed by atoms with Gasteiger partial charge in [-0.1, -0.05) is 42.5 Å². The van der Waals surface area contributed by atoms with E-state index in [4.69, 9.17) is 0 Å². The van der Waals surface area contributed by atoms with E-state index in [0.29, 0.717) is 6.54 Å². The average molecular weight is 477 g/mol. The number of halogens is 1. The number of piperazine rings is 1. The first-order valence-corrected chi connectivity index (χ1v) is 12.8. The predicted molar refractivity (Wildman–Crippen MR) is 127 cm³/mol. The van der Waals surface area contributed by atoms with E-state index in [0.717, 1.165) is 57.2 Å².